The molecule has 1 aromatic carbocycles. The number of benzene rings is 1. The Bertz CT molecular complexity index is 732. The number of aromatic amines is 1. The monoisotopic (exact) mass is 252 g/mol. The molecule has 0 aliphatic heterocycles. The predicted molar refractivity (Wildman–Crippen MR) is 72.3 cm³/mol. The van der Waals surface area contributed by atoms with Crippen molar-refractivity contribution in [2.24, 2.45) is 0 Å². The number of carbonyl (C=O) groups is 1. The van der Waals surface area contributed by atoms with Gasteiger partial charge >= 0.3 is 5.97 Å². The second-order valence-electron chi connectivity index (χ2n) is 4.41. The van der Waals surface area contributed by atoms with Crippen LogP contribution in [-0.2, 0) is 6.42 Å². The van der Waals surface area contributed by atoms with Crippen molar-refractivity contribution in [3.05, 3.63) is 65.6 Å². The van der Waals surface area contributed by atoms with Gasteiger partial charge in [-0.25, -0.2) is 4.79 Å². The van der Waals surface area contributed by atoms with Crippen LogP contribution in [-0.4, -0.2) is 21.0 Å². The zero-order valence-electron chi connectivity index (χ0n) is 10.1. The van der Waals surface area contributed by atoms with Crippen molar-refractivity contribution < 1.29 is 9.90 Å². The molecule has 94 valence electrons. The van der Waals surface area contributed by atoms with Crippen LogP contribution in [0.1, 0.15) is 21.7 Å². The highest BCUT2D eigenvalue weighted by molar-refractivity contribution is 5.93. The molecule has 0 bridgehead atoms. The second kappa shape index (κ2) is 4.57. The van der Waals surface area contributed by atoms with Crippen LogP contribution in [0.15, 0.2) is 48.7 Å². The van der Waals surface area contributed by atoms with Gasteiger partial charge in [-0.3, -0.25) is 4.98 Å². The number of pyridine rings is 1. The van der Waals surface area contributed by atoms with E-state index in [1.807, 2.05) is 36.4 Å². The molecule has 4 heteroatoms. The molecule has 2 aromatic heterocycles. The second-order valence-corrected chi connectivity index (χ2v) is 4.41. The van der Waals surface area contributed by atoms with Crippen molar-refractivity contribution >= 4 is 16.9 Å². The van der Waals surface area contributed by atoms with Crippen LogP contribution >= 0.6 is 0 Å². The SMILES string of the molecule is O=C(O)c1cc2cc(Cc3ccccn3)ccc2[nH]1. The number of fused-ring (bicyclic) bond motifs is 1. The van der Waals surface area contributed by atoms with Crippen LogP contribution in [0.4, 0.5) is 0 Å². The fourth-order valence-electron chi connectivity index (χ4n) is 2.12. The third-order valence-electron chi connectivity index (χ3n) is 3.03. The minimum absolute atomic E-state index is 0.213. The van der Waals surface area contributed by atoms with Gasteiger partial charge in [-0.1, -0.05) is 12.1 Å². The first-order valence-electron chi connectivity index (χ1n) is 5.97. The number of aromatic carboxylic acids is 1. The first kappa shape index (κ1) is 11.5. The summed E-state index contributed by atoms with van der Waals surface area (Å²) in [5, 5.41) is 9.86. The van der Waals surface area contributed by atoms with E-state index in [0.717, 1.165) is 28.6 Å². The third-order valence-corrected chi connectivity index (χ3v) is 3.03. The van der Waals surface area contributed by atoms with Crippen molar-refractivity contribution in [3.63, 3.8) is 0 Å². The fourth-order valence-corrected chi connectivity index (χ4v) is 2.12. The Kier molecular flexibility index (Phi) is 2.76. The lowest BCUT2D eigenvalue weighted by Gasteiger charge is -2.01. The molecule has 0 spiro atoms. The molecule has 2 heterocycles. The molecular formula is C15H12N2O2. The van der Waals surface area contributed by atoms with Crippen molar-refractivity contribution in [2.45, 2.75) is 6.42 Å². The maximum atomic E-state index is 10.9. The topological polar surface area (TPSA) is 66.0 Å². The highest BCUT2D eigenvalue weighted by Gasteiger charge is 2.07. The number of nitrogens with one attached hydrogen (secondary N) is 1. The van der Waals surface area contributed by atoms with E-state index in [4.69, 9.17) is 5.11 Å². The van der Waals surface area contributed by atoms with Gasteiger partial charge in [0.05, 0.1) is 0 Å². The molecule has 0 atom stereocenters. The number of hydrogen-bond acceptors (Lipinski definition) is 2. The molecule has 0 radical (unpaired) electrons. The molecule has 4 nitrogen and oxygen atoms in total. The Balaban J connectivity index is 1.95. The average molecular weight is 252 g/mol. The Morgan fingerprint density at radius 1 is 1.21 bits per heavy atom. The molecule has 0 saturated carbocycles. The number of hydrogen-bond donors (Lipinski definition) is 2. The van der Waals surface area contributed by atoms with E-state index >= 15 is 0 Å². The minimum Gasteiger partial charge on any atom is -0.477 e. The summed E-state index contributed by atoms with van der Waals surface area (Å²) in [6.07, 6.45) is 2.51. The van der Waals surface area contributed by atoms with Gasteiger partial charge in [0.1, 0.15) is 5.69 Å². The van der Waals surface area contributed by atoms with Crippen LogP contribution in [0.2, 0.25) is 0 Å². The molecule has 0 unspecified atom stereocenters. The smallest absolute Gasteiger partial charge is 0.352 e. The zero-order chi connectivity index (χ0) is 13.2. The molecule has 3 aromatic rings. The number of rotatable bonds is 3. The van der Waals surface area contributed by atoms with Crippen LogP contribution in [0.25, 0.3) is 10.9 Å². The maximum absolute atomic E-state index is 10.9. The number of H-pyrrole nitrogens is 1. The number of carboxylic acid groups (broad SMARTS) is 1. The van der Waals surface area contributed by atoms with E-state index in [0.29, 0.717) is 0 Å². The lowest BCUT2D eigenvalue weighted by atomic mass is 10.1. The van der Waals surface area contributed by atoms with Gasteiger partial charge in [0.15, 0.2) is 0 Å². The van der Waals surface area contributed by atoms with Crippen LogP contribution in [0.3, 0.4) is 0 Å². The average Bonchev–Trinajstić information content (AvgIpc) is 2.83. The van der Waals surface area contributed by atoms with E-state index in [2.05, 4.69) is 9.97 Å². The number of carboxylic acids is 1. The van der Waals surface area contributed by atoms with E-state index in [1.165, 1.54) is 0 Å². The summed E-state index contributed by atoms with van der Waals surface area (Å²) in [4.78, 5) is 18.1. The van der Waals surface area contributed by atoms with Gasteiger partial charge in [0, 0.05) is 29.2 Å². The van der Waals surface area contributed by atoms with Gasteiger partial charge in [-0.2, -0.15) is 0 Å². The Hall–Kier alpha value is -2.62. The molecule has 2 N–H and O–H groups in total. The summed E-state index contributed by atoms with van der Waals surface area (Å²) in [6, 6.07) is 13.4. The first-order chi connectivity index (χ1) is 9.22. The lowest BCUT2D eigenvalue weighted by Crippen LogP contribution is -1.94. The first-order valence-corrected chi connectivity index (χ1v) is 5.97. The standard InChI is InChI=1S/C15H12N2O2/c18-15(19)14-9-11-7-10(4-5-13(11)17-14)8-12-3-1-2-6-16-12/h1-7,9,17H,8H2,(H,18,19). The van der Waals surface area contributed by atoms with Gasteiger partial charge in [-0.15, -0.1) is 0 Å². The largest absolute Gasteiger partial charge is 0.477 e. The van der Waals surface area contributed by atoms with E-state index in [-0.39, 0.29) is 5.69 Å². The van der Waals surface area contributed by atoms with Crippen LogP contribution in [0.5, 0.6) is 0 Å². The highest BCUT2D eigenvalue weighted by atomic mass is 16.4. The Morgan fingerprint density at radius 3 is 2.84 bits per heavy atom. The van der Waals surface area contributed by atoms with Gasteiger partial charge < -0.3 is 10.1 Å². The summed E-state index contributed by atoms with van der Waals surface area (Å²) >= 11 is 0. The van der Waals surface area contributed by atoms with Gasteiger partial charge in [-0.05, 0) is 35.9 Å². The molecule has 3 rings (SSSR count). The fraction of sp³-hybridized carbons (Fsp3) is 0.0667. The minimum atomic E-state index is -0.942. The molecule has 0 aliphatic rings. The number of aromatic nitrogens is 2. The normalized spacial score (nSPS) is 10.7. The molecule has 0 fully saturated rings. The Morgan fingerprint density at radius 2 is 2.11 bits per heavy atom. The van der Waals surface area contributed by atoms with Crippen molar-refractivity contribution in [1.82, 2.24) is 9.97 Å². The predicted octanol–water partition coefficient (Wildman–Crippen LogP) is 2.85. The number of nitrogens with zero attached hydrogens (tertiary/aromatic N) is 1. The van der Waals surface area contributed by atoms with Crippen molar-refractivity contribution in [3.8, 4) is 0 Å². The summed E-state index contributed by atoms with van der Waals surface area (Å²) in [5.41, 5.74) is 3.16. The summed E-state index contributed by atoms with van der Waals surface area (Å²) in [5.74, 6) is -0.942. The summed E-state index contributed by atoms with van der Waals surface area (Å²) in [6.45, 7) is 0. The maximum Gasteiger partial charge on any atom is 0.352 e. The molecule has 0 amide bonds. The van der Waals surface area contributed by atoms with Crippen molar-refractivity contribution in [1.29, 1.82) is 0 Å². The quantitative estimate of drug-likeness (QED) is 0.753. The Labute approximate surface area is 109 Å². The molecule has 0 aliphatic carbocycles. The van der Waals surface area contributed by atoms with Gasteiger partial charge in [0.2, 0.25) is 0 Å². The van der Waals surface area contributed by atoms with E-state index in [1.54, 1.807) is 12.3 Å². The van der Waals surface area contributed by atoms with Gasteiger partial charge in [0.25, 0.3) is 0 Å². The highest BCUT2D eigenvalue weighted by Crippen LogP contribution is 2.18. The van der Waals surface area contributed by atoms with Crippen LogP contribution < -0.4 is 0 Å². The molecule has 19 heavy (non-hydrogen) atoms. The van der Waals surface area contributed by atoms with E-state index < -0.39 is 5.97 Å². The summed E-state index contributed by atoms with van der Waals surface area (Å²) in [7, 11) is 0. The van der Waals surface area contributed by atoms with E-state index in [9.17, 15) is 4.79 Å². The molecular weight excluding hydrogens is 240 g/mol. The zero-order valence-corrected chi connectivity index (χ0v) is 10.1. The lowest BCUT2D eigenvalue weighted by molar-refractivity contribution is 0.0691. The molecule has 0 saturated heterocycles. The third kappa shape index (κ3) is 2.33. The summed E-state index contributed by atoms with van der Waals surface area (Å²) < 4.78 is 0. The van der Waals surface area contributed by atoms with Crippen molar-refractivity contribution in [2.75, 3.05) is 0 Å². The van der Waals surface area contributed by atoms with Crippen LogP contribution in [0, 0.1) is 0 Å².